The molecule has 1 rings (SSSR count). The van der Waals surface area contributed by atoms with Gasteiger partial charge in [0.1, 0.15) is 5.82 Å². The van der Waals surface area contributed by atoms with E-state index in [-0.39, 0.29) is 12.5 Å². The first kappa shape index (κ1) is 12.1. The Kier molecular flexibility index (Phi) is 3.45. The Labute approximate surface area is 89.3 Å². The van der Waals surface area contributed by atoms with Crippen LogP contribution >= 0.6 is 0 Å². The Balaban J connectivity index is 3.23. The highest BCUT2D eigenvalue weighted by Crippen LogP contribution is 2.33. The molecule has 0 spiro atoms. The average molecular weight is 213 g/mol. The maximum Gasteiger partial charge on any atom is 0.150 e. The molecule has 2 N–H and O–H groups in total. The molecular formula is C12H17F2N. The molecule has 84 valence electrons. The third-order valence-electron chi connectivity index (χ3n) is 2.73. The molecule has 1 unspecified atom stereocenters. The predicted molar refractivity (Wildman–Crippen MR) is 57.8 cm³/mol. The third-order valence-corrected chi connectivity index (χ3v) is 2.73. The monoisotopic (exact) mass is 213 g/mol. The summed E-state index contributed by atoms with van der Waals surface area (Å²) in [6, 6.07) is 4.25. The van der Waals surface area contributed by atoms with Crippen LogP contribution in [0.2, 0.25) is 0 Å². The van der Waals surface area contributed by atoms with Crippen LogP contribution in [0.1, 0.15) is 25.0 Å². The fourth-order valence-corrected chi connectivity index (χ4v) is 1.66. The second-order valence-corrected chi connectivity index (χ2v) is 4.24. The zero-order valence-electron chi connectivity index (χ0n) is 9.35. The van der Waals surface area contributed by atoms with Gasteiger partial charge in [-0.15, -0.1) is 0 Å². The Bertz CT molecular complexity index is 329. The van der Waals surface area contributed by atoms with Gasteiger partial charge in [0.15, 0.2) is 5.67 Å². The lowest BCUT2D eigenvalue weighted by Crippen LogP contribution is -2.35. The van der Waals surface area contributed by atoms with Crippen molar-refractivity contribution in [2.24, 2.45) is 11.7 Å². The molecule has 1 nitrogen and oxygen atoms in total. The van der Waals surface area contributed by atoms with Crippen molar-refractivity contribution in [1.29, 1.82) is 0 Å². The summed E-state index contributed by atoms with van der Waals surface area (Å²) in [4.78, 5) is 0. The molecule has 0 bridgehead atoms. The summed E-state index contributed by atoms with van der Waals surface area (Å²) in [5, 5.41) is 0. The number of hydrogen-bond acceptors (Lipinski definition) is 1. The first-order valence-electron chi connectivity index (χ1n) is 5.07. The number of aryl methyl sites for hydroxylation is 1. The number of halogens is 2. The van der Waals surface area contributed by atoms with Crippen molar-refractivity contribution in [3.05, 3.63) is 35.1 Å². The van der Waals surface area contributed by atoms with Gasteiger partial charge in [0, 0.05) is 6.54 Å². The van der Waals surface area contributed by atoms with Crippen LogP contribution in [0.3, 0.4) is 0 Å². The fraction of sp³-hybridized carbons (Fsp3) is 0.500. The highest BCUT2D eigenvalue weighted by Gasteiger charge is 2.34. The van der Waals surface area contributed by atoms with Crippen LogP contribution in [-0.2, 0) is 5.67 Å². The van der Waals surface area contributed by atoms with Gasteiger partial charge in [-0.05, 0) is 36.1 Å². The lowest BCUT2D eigenvalue weighted by Gasteiger charge is -2.28. The standard InChI is InChI=1S/C12H17F2N/c1-8(2)12(14,7-15)10-4-9(3)5-11(13)6-10/h4-6,8H,7,15H2,1-3H3. The van der Waals surface area contributed by atoms with E-state index in [4.69, 9.17) is 5.73 Å². The Hall–Kier alpha value is -0.960. The summed E-state index contributed by atoms with van der Waals surface area (Å²) < 4.78 is 27.6. The molecule has 0 radical (unpaired) electrons. The Morgan fingerprint density at radius 2 is 1.93 bits per heavy atom. The normalized spacial score (nSPS) is 15.4. The molecule has 1 aromatic rings. The zero-order chi connectivity index (χ0) is 11.6. The van der Waals surface area contributed by atoms with Crippen molar-refractivity contribution in [1.82, 2.24) is 0 Å². The first-order valence-corrected chi connectivity index (χ1v) is 5.07. The van der Waals surface area contributed by atoms with Crippen LogP contribution in [-0.4, -0.2) is 6.54 Å². The van der Waals surface area contributed by atoms with Gasteiger partial charge >= 0.3 is 0 Å². The maximum atomic E-state index is 14.4. The highest BCUT2D eigenvalue weighted by molar-refractivity contribution is 5.29. The van der Waals surface area contributed by atoms with Crippen molar-refractivity contribution < 1.29 is 8.78 Å². The SMILES string of the molecule is Cc1cc(F)cc(C(F)(CN)C(C)C)c1. The van der Waals surface area contributed by atoms with Crippen molar-refractivity contribution in [2.45, 2.75) is 26.4 Å². The third kappa shape index (κ3) is 2.34. The van der Waals surface area contributed by atoms with E-state index in [1.807, 2.05) is 0 Å². The molecular weight excluding hydrogens is 196 g/mol. The van der Waals surface area contributed by atoms with Crippen LogP contribution in [0.4, 0.5) is 8.78 Å². The summed E-state index contributed by atoms with van der Waals surface area (Å²) in [6.07, 6.45) is 0. The fourth-order valence-electron chi connectivity index (χ4n) is 1.66. The zero-order valence-corrected chi connectivity index (χ0v) is 9.35. The number of benzene rings is 1. The van der Waals surface area contributed by atoms with Crippen LogP contribution in [0, 0.1) is 18.7 Å². The van der Waals surface area contributed by atoms with Crippen LogP contribution < -0.4 is 5.73 Å². The summed E-state index contributed by atoms with van der Waals surface area (Å²) in [5.41, 5.74) is 4.84. The van der Waals surface area contributed by atoms with Crippen molar-refractivity contribution in [2.75, 3.05) is 6.54 Å². The van der Waals surface area contributed by atoms with E-state index >= 15 is 0 Å². The lowest BCUT2D eigenvalue weighted by molar-refractivity contribution is 0.109. The van der Waals surface area contributed by atoms with E-state index in [9.17, 15) is 8.78 Å². The minimum atomic E-state index is -1.65. The maximum absolute atomic E-state index is 14.4. The van der Waals surface area contributed by atoms with Crippen LogP contribution in [0.25, 0.3) is 0 Å². The molecule has 0 fully saturated rings. The minimum Gasteiger partial charge on any atom is -0.327 e. The molecule has 15 heavy (non-hydrogen) atoms. The van der Waals surface area contributed by atoms with E-state index in [0.717, 1.165) is 0 Å². The Morgan fingerprint density at radius 1 is 1.33 bits per heavy atom. The largest absolute Gasteiger partial charge is 0.327 e. The van der Waals surface area contributed by atoms with Gasteiger partial charge in [-0.1, -0.05) is 19.9 Å². The Morgan fingerprint density at radius 3 is 2.33 bits per heavy atom. The molecule has 0 saturated carbocycles. The molecule has 0 saturated heterocycles. The molecule has 3 heteroatoms. The summed E-state index contributed by atoms with van der Waals surface area (Å²) >= 11 is 0. The van der Waals surface area contributed by atoms with E-state index in [1.54, 1.807) is 26.8 Å². The van der Waals surface area contributed by atoms with Crippen LogP contribution in [0.15, 0.2) is 18.2 Å². The average Bonchev–Trinajstić information content (AvgIpc) is 2.14. The van der Waals surface area contributed by atoms with Crippen molar-refractivity contribution >= 4 is 0 Å². The molecule has 0 heterocycles. The highest BCUT2D eigenvalue weighted by atomic mass is 19.1. The first-order chi connectivity index (χ1) is 6.90. The summed E-state index contributed by atoms with van der Waals surface area (Å²) in [5.74, 6) is -0.690. The van der Waals surface area contributed by atoms with E-state index in [2.05, 4.69) is 0 Å². The van der Waals surface area contributed by atoms with Gasteiger partial charge in [0.05, 0.1) is 0 Å². The number of nitrogens with two attached hydrogens (primary N) is 1. The molecule has 0 amide bonds. The van der Waals surface area contributed by atoms with E-state index in [1.165, 1.54) is 12.1 Å². The van der Waals surface area contributed by atoms with Gasteiger partial charge in [0.25, 0.3) is 0 Å². The number of hydrogen-bond donors (Lipinski definition) is 1. The van der Waals surface area contributed by atoms with E-state index < -0.39 is 11.5 Å². The van der Waals surface area contributed by atoms with Crippen molar-refractivity contribution in [3.8, 4) is 0 Å². The smallest absolute Gasteiger partial charge is 0.150 e. The van der Waals surface area contributed by atoms with Crippen LogP contribution in [0.5, 0.6) is 0 Å². The minimum absolute atomic E-state index is 0.131. The van der Waals surface area contributed by atoms with E-state index in [0.29, 0.717) is 11.1 Å². The molecule has 0 aromatic heterocycles. The molecule has 0 aliphatic rings. The topological polar surface area (TPSA) is 26.0 Å². The van der Waals surface area contributed by atoms with Gasteiger partial charge < -0.3 is 5.73 Å². The van der Waals surface area contributed by atoms with Gasteiger partial charge in [0.2, 0.25) is 0 Å². The second kappa shape index (κ2) is 4.27. The number of alkyl halides is 1. The summed E-state index contributed by atoms with van der Waals surface area (Å²) in [7, 11) is 0. The lowest BCUT2D eigenvalue weighted by atomic mass is 9.84. The molecule has 0 aliphatic carbocycles. The van der Waals surface area contributed by atoms with Crippen molar-refractivity contribution in [3.63, 3.8) is 0 Å². The molecule has 1 atom stereocenters. The molecule has 1 aromatic carbocycles. The van der Waals surface area contributed by atoms with Gasteiger partial charge in [-0.2, -0.15) is 0 Å². The van der Waals surface area contributed by atoms with Gasteiger partial charge in [-0.25, -0.2) is 8.78 Å². The quantitative estimate of drug-likeness (QED) is 0.820. The number of rotatable bonds is 3. The predicted octanol–water partition coefficient (Wildman–Crippen LogP) is 2.91. The molecule has 0 aliphatic heterocycles. The van der Waals surface area contributed by atoms with Gasteiger partial charge in [-0.3, -0.25) is 0 Å². The summed E-state index contributed by atoms with van der Waals surface area (Å²) in [6.45, 7) is 5.09. The second-order valence-electron chi connectivity index (χ2n) is 4.24.